The van der Waals surface area contributed by atoms with Crippen LogP contribution < -0.4 is 15.5 Å². The van der Waals surface area contributed by atoms with E-state index in [0.717, 1.165) is 4.47 Å². The van der Waals surface area contributed by atoms with Crippen molar-refractivity contribution in [2.45, 2.75) is 6.92 Å². The van der Waals surface area contributed by atoms with Gasteiger partial charge in [0.15, 0.2) is 6.61 Å². The van der Waals surface area contributed by atoms with Crippen LogP contribution in [0.5, 0.6) is 5.75 Å². The van der Waals surface area contributed by atoms with Crippen LogP contribution in [0.2, 0.25) is 0 Å². The van der Waals surface area contributed by atoms with Gasteiger partial charge in [-0.3, -0.25) is 9.59 Å². The van der Waals surface area contributed by atoms with Gasteiger partial charge in [0.1, 0.15) is 5.76 Å². The Morgan fingerprint density at radius 1 is 1.40 bits per heavy atom. The molecule has 0 radical (unpaired) electrons. The zero-order chi connectivity index (χ0) is 14.5. The number of anilines is 1. The Bertz CT molecular complexity index is 681. The van der Waals surface area contributed by atoms with E-state index in [1.54, 1.807) is 25.1 Å². The highest BCUT2D eigenvalue weighted by molar-refractivity contribution is 9.10. The van der Waals surface area contributed by atoms with Gasteiger partial charge < -0.3 is 14.5 Å². The molecule has 0 unspecified atom stereocenters. The summed E-state index contributed by atoms with van der Waals surface area (Å²) in [6, 6.07) is 8.42. The molecule has 1 aromatic heterocycles. The highest BCUT2D eigenvalue weighted by Gasteiger charge is 2.09. The molecule has 104 valence electrons. The van der Waals surface area contributed by atoms with Crippen molar-refractivity contribution in [1.29, 1.82) is 0 Å². The fraction of sp³-hybridized carbons (Fsp3) is 0.143. The number of benzene rings is 1. The Balaban J connectivity index is 1.98. The molecule has 0 fully saturated rings. The predicted octanol–water partition coefficient (Wildman–Crippen LogP) is 2.73. The molecule has 0 aliphatic heterocycles. The lowest BCUT2D eigenvalue weighted by Crippen LogP contribution is -2.22. The smallest absolute Gasteiger partial charge is 0.262 e. The fourth-order valence-electron chi connectivity index (χ4n) is 1.57. The van der Waals surface area contributed by atoms with Gasteiger partial charge in [-0.25, -0.2) is 0 Å². The van der Waals surface area contributed by atoms with Crippen molar-refractivity contribution in [2.75, 3.05) is 11.9 Å². The van der Waals surface area contributed by atoms with Gasteiger partial charge in [0.05, 0.1) is 6.26 Å². The first-order chi connectivity index (χ1) is 9.56. The van der Waals surface area contributed by atoms with Crippen molar-refractivity contribution >= 4 is 27.5 Å². The zero-order valence-electron chi connectivity index (χ0n) is 10.7. The Kier molecular flexibility index (Phi) is 4.57. The van der Waals surface area contributed by atoms with E-state index in [4.69, 9.17) is 9.15 Å². The Morgan fingerprint density at radius 2 is 2.20 bits per heavy atom. The first kappa shape index (κ1) is 14.3. The maximum Gasteiger partial charge on any atom is 0.262 e. The van der Waals surface area contributed by atoms with Gasteiger partial charge in [0, 0.05) is 16.2 Å². The molecule has 1 aromatic carbocycles. The number of nitrogens with one attached hydrogen (secondary N) is 1. The summed E-state index contributed by atoms with van der Waals surface area (Å²) in [6.07, 6.45) is 1.28. The van der Waals surface area contributed by atoms with E-state index in [1.165, 1.54) is 12.3 Å². The number of amides is 1. The summed E-state index contributed by atoms with van der Waals surface area (Å²) in [5, 5.41) is 2.67. The first-order valence-electron chi connectivity index (χ1n) is 5.83. The average Bonchev–Trinajstić information content (AvgIpc) is 2.38. The molecule has 2 rings (SSSR count). The van der Waals surface area contributed by atoms with Crippen molar-refractivity contribution in [3.05, 3.63) is 57.1 Å². The molecule has 0 bridgehead atoms. The maximum absolute atomic E-state index is 11.7. The number of hydrogen-bond acceptors (Lipinski definition) is 4. The maximum atomic E-state index is 11.7. The number of halogens is 1. The molecule has 5 nitrogen and oxygen atoms in total. The van der Waals surface area contributed by atoms with E-state index in [1.807, 2.05) is 6.07 Å². The van der Waals surface area contributed by atoms with E-state index < -0.39 is 0 Å². The topological polar surface area (TPSA) is 68.5 Å². The molecule has 1 N–H and O–H groups in total. The second-order valence-corrected chi connectivity index (χ2v) is 4.93. The third-order valence-corrected chi connectivity index (χ3v) is 2.96. The summed E-state index contributed by atoms with van der Waals surface area (Å²) in [5.74, 6) is 0.0374. The van der Waals surface area contributed by atoms with Crippen molar-refractivity contribution in [3.8, 4) is 5.75 Å². The van der Waals surface area contributed by atoms with Gasteiger partial charge in [0.2, 0.25) is 11.2 Å². The minimum Gasteiger partial charge on any atom is -0.476 e. The number of rotatable bonds is 4. The monoisotopic (exact) mass is 337 g/mol. The van der Waals surface area contributed by atoms with E-state index in [-0.39, 0.29) is 23.7 Å². The molecule has 2 aromatic rings. The van der Waals surface area contributed by atoms with Crippen LogP contribution in [0.1, 0.15) is 5.76 Å². The quantitative estimate of drug-likeness (QED) is 0.931. The number of carbonyl (C=O) groups is 1. The molecule has 0 saturated heterocycles. The van der Waals surface area contributed by atoms with Gasteiger partial charge in [-0.2, -0.15) is 0 Å². The van der Waals surface area contributed by atoms with Crippen LogP contribution in [-0.2, 0) is 4.79 Å². The summed E-state index contributed by atoms with van der Waals surface area (Å²) in [5.41, 5.74) is 0.328. The number of ether oxygens (including phenoxy) is 1. The molecule has 0 atom stereocenters. The van der Waals surface area contributed by atoms with E-state index in [9.17, 15) is 9.59 Å². The largest absolute Gasteiger partial charge is 0.476 e. The van der Waals surface area contributed by atoms with E-state index in [0.29, 0.717) is 11.4 Å². The van der Waals surface area contributed by atoms with Crippen LogP contribution in [0.15, 0.2) is 50.3 Å². The summed E-state index contributed by atoms with van der Waals surface area (Å²) >= 11 is 3.31. The van der Waals surface area contributed by atoms with Gasteiger partial charge in [0.25, 0.3) is 5.91 Å². The number of carbonyl (C=O) groups excluding carboxylic acids is 1. The molecule has 1 heterocycles. The summed E-state index contributed by atoms with van der Waals surface area (Å²) in [6.45, 7) is 1.34. The van der Waals surface area contributed by atoms with Gasteiger partial charge in [-0.05, 0) is 25.1 Å². The molecule has 0 aliphatic rings. The molecular weight excluding hydrogens is 326 g/mol. The lowest BCUT2D eigenvalue weighted by Gasteiger charge is -2.08. The average molecular weight is 338 g/mol. The lowest BCUT2D eigenvalue weighted by atomic mass is 10.3. The van der Waals surface area contributed by atoms with Crippen LogP contribution in [0, 0.1) is 6.92 Å². The molecule has 1 amide bonds. The highest BCUT2D eigenvalue weighted by Crippen LogP contribution is 2.15. The predicted molar refractivity (Wildman–Crippen MR) is 78.0 cm³/mol. The molecule has 0 spiro atoms. The van der Waals surface area contributed by atoms with Crippen LogP contribution in [0.25, 0.3) is 0 Å². The van der Waals surface area contributed by atoms with Gasteiger partial charge in [-0.15, -0.1) is 0 Å². The van der Waals surface area contributed by atoms with Crippen molar-refractivity contribution in [2.24, 2.45) is 0 Å². The van der Waals surface area contributed by atoms with E-state index in [2.05, 4.69) is 21.2 Å². The standard InChI is InChI=1S/C14H12BrNO4/c1-9-14(12(17)5-6-19-9)20-8-13(18)16-11-4-2-3-10(15)7-11/h2-7H,8H2,1H3,(H,16,18). The van der Waals surface area contributed by atoms with Crippen LogP contribution in [0.3, 0.4) is 0 Å². The fourth-order valence-corrected chi connectivity index (χ4v) is 1.97. The summed E-state index contributed by atoms with van der Waals surface area (Å²) in [7, 11) is 0. The zero-order valence-corrected chi connectivity index (χ0v) is 12.3. The minimum absolute atomic E-state index is 0.0527. The SMILES string of the molecule is Cc1occc(=O)c1OCC(=O)Nc1cccc(Br)c1. The molecule has 6 heteroatoms. The minimum atomic E-state index is -0.356. The second kappa shape index (κ2) is 6.38. The van der Waals surface area contributed by atoms with Gasteiger partial charge in [-0.1, -0.05) is 22.0 Å². The van der Waals surface area contributed by atoms with Crippen molar-refractivity contribution < 1.29 is 13.9 Å². The number of hydrogen-bond donors (Lipinski definition) is 1. The highest BCUT2D eigenvalue weighted by atomic mass is 79.9. The van der Waals surface area contributed by atoms with E-state index >= 15 is 0 Å². The molecule has 20 heavy (non-hydrogen) atoms. The van der Waals surface area contributed by atoms with Crippen molar-refractivity contribution in [1.82, 2.24) is 0 Å². The number of aryl methyl sites for hydroxylation is 1. The third-order valence-electron chi connectivity index (χ3n) is 2.46. The Hall–Kier alpha value is -2.08. The summed E-state index contributed by atoms with van der Waals surface area (Å²) in [4.78, 5) is 23.3. The Labute approximate surface area is 123 Å². The van der Waals surface area contributed by atoms with Crippen LogP contribution in [0.4, 0.5) is 5.69 Å². The molecule has 0 aliphatic carbocycles. The second-order valence-electron chi connectivity index (χ2n) is 4.02. The van der Waals surface area contributed by atoms with Gasteiger partial charge >= 0.3 is 0 Å². The normalized spacial score (nSPS) is 10.1. The Morgan fingerprint density at radius 3 is 2.90 bits per heavy atom. The lowest BCUT2D eigenvalue weighted by molar-refractivity contribution is -0.118. The van der Waals surface area contributed by atoms with Crippen molar-refractivity contribution in [3.63, 3.8) is 0 Å². The summed E-state index contributed by atoms with van der Waals surface area (Å²) < 4.78 is 11.1. The van der Waals surface area contributed by atoms with Crippen LogP contribution >= 0.6 is 15.9 Å². The molecular formula is C14H12BrNO4. The van der Waals surface area contributed by atoms with Crippen LogP contribution in [-0.4, -0.2) is 12.5 Å². The molecule has 0 saturated carbocycles. The third kappa shape index (κ3) is 3.71. The first-order valence-corrected chi connectivity index (χ1v) is 6.62.